The molecule has 0 bridgehead atoms. The van der Waals surface area contributed by atoms with Crippen LogP contribution in [0.4, 0.5) is 5.69 Å². The standard InChI is InChI=1S/C15H12ClN3O2S/c16-12-4-6-14(7-5-12)22(20,21)19-13-3-1-2-11(8-13)15-9-17-10-18-15/h1-10,19H,(H,17,18). The lowest BCUT2D eigenvalue weighted by atomic mass is 10.1. The Morgan fingerprint density at radius 2 is 1.86 bits per heavy atom. The minimum atomic E-state index is -3.65. The van der Waals surface area contributed by atoms with Gasteiger partial charge in [-0.15, -0.1) is 0 Å². The van der Waals surface area contributed by atoms with Crippen molar-refractivity contribution in [3.63, 3.8) is 0 Å². The fourth-order valence-electron chi connectivity index (χ4n) is 1.99. The van der Waals surface area contributed by atoms with Gasteiger partial charge in [-0.1, -0.05) is 23.7 Å². The zero-order valence-electron chi connectivity index (χ0n) is 11.3. The summed E-state index contributed by atoms with van der Waals surface area (Å²) >= 11 is 5.78. The van der Waals surface area contributed by atoms with E-state index in [0.717, 1.165) is 11.3 Å². The first-order valence-corrected chi connectivity index (χ1v) is 8.28. The molecule has 0 saturated heterocycles. The molecule has 7 heteroatoms. The Hall–Kier alpha value is -2.31. The second kappa shape index (κ2) is 5.82. The molecule has 0 aliphatic heterocycles. The fraction of sp³-hybridized carbons (Fsp3) is 0. The molecular weight excluding hydrogens is 322 g/mol. The van der Waals surface area contributed by atoms with Crippen molar-refractivity contribution < 1.29 is 8.42 Å². The van der Waals surface area contributed by atoms with Crippen LogP contribution in [-0.2, 0) is 10.0 Å². The molecule has 0 aliphatic carbocycles. The van der Waals surface area contributed by atoms with Gasteiger partial charge >= 0.3 is 0 Å². The lowest BCUT2D eigenvalue weighted by molar-refractivity contribution is 0.601. The average Bonchev–Trinajstić information content (AvgIpc) is 3.02. The van der Waals surface area contributed by atoms with E-state index in [0.29, 0.717) is 10.7 Å². The number of nitrogens with one attached hydrogen (secondary N) is 2. The number of imidazole rings is 1. The quantitative estimate of drug-likeness (QED) is 0.767. The van der Waals surface area contributed by atoms with Crippen LogP contribution in [0.1, 0.15) is 0 Å². The second-order valence-electron chi connectivity index (χ2n) is 4.61. The summed E-state index contributed by atoms with van der Waals surface area (Å²) in [5.41, 5.74) is 2.13. The van der Waals surface area contributed by atoms with E-state index in [1.807, 2.05) is 6.07 Å². The van der Waals surface area contributed by atoms with Gasteiger partial charge in [0.2, 0.25) is 0 Å². The molecule has 2 aromatic carbocycles. The summed E-state index contributed by atoms with van der Waals surface area (Å²) in [6, 6.07) is 13.1. The van der Waals surface area contributed by atoms with E-state index in [4.69, 9.17) is 11.6 Å². The highest BCUT2D eigenvalue weighted by Gasteiger charge is 2.14. The number of halogens is 1. The number of nitrogens with zero attached hydrogens (tertiary/aromatic N) is 1. The van der Waals surface area contributed by atoms with E-state index in [1.165, 1.54) is 24.3 Å². The Morgan fingerprint density at radius 1 is 1.09 bits per heavy atom. The number of rotatable bonds is 4. The van der Waals surface area contributed by atoms with Crippen LogP contribution in [0.3, 0.4) is 0 Å². The van der Waals surface area contributed by atoms with Gasteiger partial charge in [0, 0.05) is 16.3 Å². The molecule has 0 aliphatic rings. The molecule has 112 valence electrons. The first-order chi connectivity index (χ1) is 10.5. The average molecular weight is 334 g/mol. The zero-order chi connectivity index (χ0) is 15.6. The van der Waals surface area contributed by atoms with Crippen molar-refractivity contribution in [3.05, 3.63) is 66.1 Å². The largest absolute Gasteiger partial charge is 0.345 e. The third-order valence-corrected chi connectivity index (χ3v) is 4.70. The summed E-state index contributed by atoms with van der Waals surface area (Å²) in [7, 11) is -3.65. The van der Waals surface area contributed by atoms with Crippen LogP contribution in [0.15, 0.2) is 66.0 Å². The predicted molar refractivity (Wildman–Crippen MR) is 86.3 cm³/mol. The van der Waals surface area contributed by atoms with Crippen LogP contribution in [0.25, 0.3) is 11.3 Å². The normalized spacial score (nSPS) is 11.3. The van der Waals surface area contributed by atoms with Crippen LogP contribution in [0.5, 0.6) is 0 Å². The highest BCUT2D eigenvalue weighted by molar-refractivity contribution is 7.92. The molecule has 0 unspecified atom stereocenters. The summed E-state index contributed by atoms with van der Waals surface area (Å²) < 4.78 is 27.2. The van der Waals surface area contributed by atoms with Crippen LogP contribution < -0.4 is 4.72 Å². The molecule has 0 amide bonds. The number of aromatic nitrogens is 2. The second-order valence-corrected chi connectivity index (χ2v) is 6.72. The van der Waals surface area contributed by atoms with Crippen LogP contribution in [0.2, 0.25) is 5.02 Å². The first kappa shape index (κ1) is 14.6. The van der Waals surface area contributed by atoms with Gasteiger partial charge in [-0.05, 0) is 36.4 Å². The molecule has 2 N–H and O–H groups in total. The molecule has 3 aromatic rings. The van der Waals surface area contributed by atoms with Gasteiger partial charge in [-0.2, -0.15) is 0 Å². The van der Waals surface area contributed by atoms with Crippen molar-refractivity contribution in [3.8, 4) is 11.3 Å². The number of H-pyrrole nitrogens is 1. The SMILES string of the molecule is O=S(=O)(Nc1cccc(-c2cnc[nH]2)c1)c1ccc(Cl)cc1. The molecule has 5 nitrogen and oxygen atoms in total. The number of sulfonamides is 1. The van der Waals surface area contributed by atoms with Crippen LogP contribution in [-0.4, -0.2) is 18.4 Å². The van der Waals surface area contributed by atoms with Crippen molar-refractivity contribution in [1.82, 2.24) is 9.97 Å². The number of aromatic amines is 1. The lowest BCUT2D eigenvalue weighted by Crippen LogP contribution is -2.12. The van der Waals surface area contributed by atoms with E-state index >= 15 is 0 Å². The van der Waals surface area contributed by atoms with Gasteiger partial charge < -0.3 is 4.98 Å². The Morgan fingerprint density at radius 3 is 2.55 bits per heavy atom. The molecule has 3 rings (SSSR count). The van der Waals surface area contributed by atoms with Crippen LogP contribution in [0, 0.1) is 0 Å². The van der Waals surface area contributed by atoms with Gasteiger partial charge in [-0.25, -0.2) is 13.4 Å². The molecular formula is C15H12ClN3O2S. The van der Waals surface area contributed by atoms with E-state index in [2.05, 4.69) is 14.7 Å². The maximum absolute atomic E-state index is 12.3. The summed E-state index contributed by atoms with van der Waals surface area (Å²) in [6.07, 6.45) is 3.24. The smallest absolute Gasteiger partial charge is 0.261 e. The number of hydrogen-bond donors (Lipinski definition) is 2. The fourth-order valence-corrected chi connectivity index (χ4v) is 3.17. The molecule has 0 spiro atoms. The van der Waals surface area contributed by atoms with Crippen molar-refractivity contribution in [2.24, 2.45) is 0 Å². The lowest BCUT2D eigenvalue weighted by Gasteiger charge is -2.09. The first-order valence-electron chi connectivity index (χ1n) is 6.42. The summed E-state index contributed by atoms with van der Waals surface area (Å²) in [4.78, 5) is 7.09. The van der Waals surface area contributed by atoms with Gasteiger partial charge in [0.15, 0.2) is 0 Å². The molecule has 0 atom stereocenters. The molecule has 0 radical (unpaired) electrons. The Labute approximate surface area is 133 Å². The Kier molecular flexibility index (Phi) is 3.87. The Balaban J connectivity index is 1.89. The van der Waals surface area contributed by atoms with E-state index in [-0.39, 0.29) is 4.90 Å². The van der Waals surface area contributed by atoms with Crippen molar-refractivity contribution in [2.45, 2.75) is 4.90 Å². The third kappa shape index (κ3) is 3.13. The minimum absolute atomic E-state index is 0.156. The Bertz CT molecular complexity index is 875. The van der Waals surface area contributed by atoms with Gasteiger partial charge in [-0.3, -0.25) is 4.72 Å². The number of hydrogen-bond acceptors (Lipinski definition) is 3. The maximum Gasteiger partial charge on any atom is 0.261 e. The summed E-state index contributed by atoms with van der Waals surface area (Å²) in [5.74, 6) is 0. The van der Waals surface area contributed by atoms with Crippen molar-refractivity contribution >= 4 is 27.3 Å². The van der Waals surface area contributed by atoms with E-state index < -0.39 is 10.0 Å². The van der Waals surface area contributed by atoms with Gasteiger partial charge in [0.25, 0.3) is 10.0 Å². The van der Waals surface area contributed by atoms with Crippen molar-refractivity contribution in [1.29, 1.82) is 0 Å². The van der Waals surface area contributed by atoms with Crippen molar-refractivity contribution in [2.75, 3.05) is 4.72 Å². The minimum Gasteiger partial charge on any atom is -0.345 e. The molecule has 1 heterocycles. The molecule has 0 fully saturated rings. The van der Waals surface area contributed by atoms with Gasteiger partial charge in [0.05, 0.1) is 23.1 Å². The molecule has 22 heavy (non-hydrogen) atoms. The monoisotopic (exact) mass is 333 g/mol. The highest BCUT2D eigenvalue weighted by atomic mass is 35.5. The molecule has 1 aromatic heterocycles. The van der Waals surface area contributed by atoms with Gasteiger partial charge in [0.1, 0.15) is 0 Å². The topological polar surface area (TPSA) is 74.8 Å². The maximum atomic E-state index is 12.3. The van der Waals surface area contributed by atoms with Crippen LogP contribution >= 0.6 is 11.6 Å². The highest BCUT2D eigenvalue weighted by Crippen LogP contribution is 2.23. The van der Waals surface area contributed by atoms with E-state index in [9.17, 15) is 8.42 Å². The third-order valence-electron chi connectivity index (χ3n) is 3.05. The zero-order valence-corrected chi connectivity index (χ0v) is 12.9. The number of anilines is 1. The predicted octanol–water partition coefficient (Wildman–Crippen LogP) is 3.53. The summed E-state index contributed by atoms with van der Waals surface area (Å²) in [5, 5.41) is 0.486. The molecule has 0 saturated carbocycles. The van der Waals surface area contributed by atoms with E-state index in [1.54, 1.807) is 30.7 Å². The number of benzene rings is 2. The summed E-state index contributed by atoms with van der Waals surface area (Å²) in [6.45, 7) is 0.